The number of halogens is 1. The summed E-state index contributed by atoms with van der Waals surface area (Å²) in [4.78, 5) is 31.5. The minimum atomic E-state index is -0.629. The standard InChI is InChI=1S/C25H25FN2O2S/c1-16(2)15-28-23(21-13-8-14-31-21)22(17-9-4-5-10-18(17)24(28)29)25(30)27(3)20-12-7-6-11-19(20)26/h4-14,16,22-23H,15H2,1-3H3/t22-,23-/m0/s1. The molecule has 4 rings (SSSR count). The first-order valence-corrected chi connectivity index (χ1v) is 11.2. The lowest BCUT2D eigenvalue weighted by Gasteiger charge is -2.43. The molecule has 0 saturated carbocycles. The van der Waals surface area contributed by atoms with E-state index in [4.69, 9.17) is 0 Å². The van der Waals surface area contributed by atoms with Gasteiger partial charge >= 0.3 is 0 Å². The summed E-state index contributed by atoms with van der Waals surface area (Å²) in [6.07, 6.45) is 0. The maximum Gasteiger partial charge on any atom is 0.254 e. The molecule has 0 N–H and O–H groups in total. The molecule has 6 heteroatoms. The van der Waals surface area contributed by atoms with E-state index < -0.39 is 17.8 Å². The van der Waals surface area contributed by atoms with E-state index in [1.54, 1.807) is 31.3 Å². The number of carbonyl (C=O) groups is 2. The summed E-state index contributed by atoms with van der Waals surface area (Å²) < 4.78 is 14.5. The van der Waals surface area contributed by atoms with Crippen LogP contribution in [0.25, 0.3) is 0 Å². The molecule has 0 bridgehead atoms. The number of thiophene rings is 1. The molecule has 3 aromatic rings. The Morgan fingerprint density at radius 2 is 1.81 bits per heavy atom. The number of nitrogens with zero attached hydrogens (tertiary/aromatic N) is 2. The summed E-state index contributed by atoms with van der Waals surface area (Å²) >= 11 is 1.53. The first kappa shape index (κ1) is 21.2. The minimum absolute atomic E-state index is 0.0692. The monoisotopic (exact) mass is 436 g/mol. The Morgan fingerprint density at radius 3 is 2.48 bits per heavy atom. The number of likely N-dealkylation sites (N-methyl/N-ethyl adjacent to an activating group) is 1. The van der Waals surface area contributed by atoms with E-state index in [1.807, 2.05) is 40.6 Å². The molecule has 0 radical (unpaired) electrons. The topological polar surface area (TPSA) is 40.6 Å². The number of fused-ring (bicyclic) bond motifs is 1. The quantitative estimate of drug-likeness (QED) is 0.531. The lowest BCUT2D eigenvalue weighted by Crippen LogP contribution is -2.48. The van der Waals surface area contributed by atoms with E-state index in [9.17, 15) is 14.0 Å². The Kier molecular flexibility index (Phi) is 5.92. The lowest BCUT2D eigenvalue weighted by molar-refractivity contribution is -0.121. The van der Waals surface area contributed by atoms with Crippen LogP contribution in [0.4, 0.5) is 10.1 Å². The van der Waals surface area contributed by atoms with Crippen LogP contribution in [-0.4, -0.2) is 30.3 Å². The Labute approximate surface area is 185 Å². The third kappa shape index (κ3) is 3.88. The van der Waals surface area contributed by atoms with Gasteiger partial charge < -0.3 is 9.80 Å². The van der Waals surface area contributed by atoms with Crippen LogP contribution in [-0.2, 0) is 4.79 Å². The van der Waals surface area contributed by atoms with Gasteiger partial charge in [-0.1, -0.05) is 50.2 Å². The molecule has 0 saturated heterocycles. The van der Waals surface area contributed by atoms with Crippen molar-refractivity contribution in [3.8, 4) is 0 Å². The molecule has 2 atom stereocenters. The number of para-hydroxylation sites is 1. The number of amides is 2. The summed E-state index contributed by atoms with van der Waals surface area (Å²) in [6.45, 7) is 4.64. The number of hydrogen-bond donors (Lipinski definition) is 0. The second-order valence-electron chi connectivity index (χ2n) is 8.23. The fourth-order valence-corrected chi connectivity index (χ4v) is 5.15. The lowest BCUT2D eigenvalue weighted by atomic mass is 9.80. The van der Waals surface area contributed by atoms with Crippen LogP contribution < -0.4 is 4.90 Å². The number of hydrogen-bond acceptors (Lipinski definition) is 3. The highest BCUT2D eigenvalue weighted by molar-refractivity contribution is 7.10. The summed E-state index contributed by atoms with van der Waals surface area (Å²) in [5.41, 5.74) is 1.46. The van der Waals surface area contributed by atoms with Crippen molar-refractivity contribution in [2.24, 2.45) is 5.92 Å². The number of carbonyl (C=O) groups excluding carboxylic acids is 2. The Balaban J connectivity index is 1.87. The highest BCUT2D eigenvalue weighted by Crippen LogP contribution is 2.45. The van der Waals surface area contributed by atoms with Gasteiger partial charge in [0.25, 0.3) is 5.91 Å². The molecule has 31 heavy (non-hydrogen) atoms. The zero-order valence-corrected chi connectivity index (χ0v) is 18.6. The fraction of sp³-hybridized carbons (Fsp3) is 0.280. The molecule has 1 aliphatic heterocycles. The second-order valence-corrected chi connectivity index (χ2v) is 9.20. The first-order valence-electron chi connectivity index (χ1n) is 10.4. The SMILES string of the molecule is CC(C)CN1C(=O)c2ccccc2[C@H](C(=O)N(C)c2ccccc2F)[C@@H]1c1cccs1. The average Bonchev–Trinajstić information content (AvgIpc) is 3.29. The van der Waals surface area contributed by atoms with Crippen molar-refractivity contribution in [2.75, 3.05) is 18.5 Å². The maximum absolute atomic E-state index is 14.5. The molecule has 2 heterocycles. The number of benzene rings is 2. The van der Waals surface area contributed by atoms with Crippen molar-refractivity contribution in [1.29, 1.82) is 0 Å². The van der Waals surface area contributed by atoms with Gasteiger partial charge in [0.15, 0.2) is 0 Å². The predicted molar refractivity (Wildman–Crippen MR) is 122 cm³/mol. The molecule has 1 aliphatic rings. The van der Waals surface area contributed by atoms with Crippen LogP contribution in [0.5, 0.6) is 0 Å². The summed E-state index contributed by atoms with van der Waals surface area (Å²) in [7, 11) is 1.60. The smallest absolute Gasteiger partial charge is 0.254 e. The van der Waals surface area contributed by atoms with Crippen LogP contribution in [0.15, 0.2) is 66.0 Å². The Hall–Kier alpha value is -2.99. The predicted octanol–water partition coefficient (Wildman–Crippen LogP) is 5.49. The Bertz CT molecular complexity index is 1100. The molecule has 0 unspecified atom stereocenters. The molecule has 4 nitrogen and oxygen atoms in total. The van der Waals surface area contributed by atoms with E-state index in [0.717, 1.165) is 4.88 Å². The van der Waals surface area contributed by atoms with Gasteiger partial charge in [-0.25, -0.2) is 4.39 Å². The molecule has 0 fully saturated rings. The highest BCUT2D eigenvalue weighted by atomic mass is 32.1. The largest absolute Gasteiger partial charge is 0.329 e. The first-order chi connectivity index (χ1) is 14.9. The molecular formula is C25H25FN2O2S. The van der Waals surface area contributed by atoms with Crippen LogP contribution in [0.3, 0.4) is 0 Å². The maximum atomic E-state index is 14.5. The number of rotatable bonds is 5. The number of anilines is 1. The van der Waals surface area contributed by atoms with Gasteiger partial charge in [0.1, 0.15) is 5.82 Å². The zero-order chi connectivity index (χ0) is 22.1. The third-order valence-corrected chi connectivity index (χ3v) is 6.59. The van der Waals surface area contributed by atoms with Crippen molar-refractivity contribution in [3.63, 3.8) is 0 Å². The van der Waals surface area contributed by atoms with E-state index in [0.29, 0.717) is 17.7 Å². The molecular weight excluding hydrogens is 411 g/mol. The van der Waals surface area contributed by atoms with Crippen molar-refractivity contribution < 1.29 is 14.0 Å². The van der Waals surface area contributed by atoms with Gasteiger partial charge in [0.2, 0.25) is 5.91 Å². The Morgan fingerprint density at radius 1 is 1.10 bits per heavy atom. The van der Waals surface area contributed by atoms with Crippen molar-refractivity contribution >= 4 is 28.8 Å². The zero-order valence-electron chi connectivity index (χ0n) is 17.8. The second kappa shape index (κ2) is 8.63. The van der Waals surface area contributed by atoms with Crippen LogP contribution in [0.2, 0.25) is 0 Å². The fourth-order valence-electron chi connectivity index (χ4n) is 4.28. The molecule has 2 aromatic carbocycles. The van der Waals surface area contributed by atoms with Crippen molar-refractivity contribution in [2.45, 2.75) is 25.8 Å². The normalized spacial score (nSPS) is 18.2. The average molecular weight is 437 g/mol. The summed E-state index contributed by atoms with van der Waals surface area (Å²) in [5.74, 6) is -1.16. The van der Waals surface area contributed by atoms with Gasteiger partial charge in [-0.3, -0.25) is 9.59 Å². The van der Waals surface area contributed by atoms with E-state index in [1.165, 1.54) is 22.3 Å². The van der Waals surface area contributed by atoms with E-state index >= 15 is 0 Å². The molecule has 2 amide bonds. The molecule has 1 aromatic heterocycles. The van der Waals surface area contributed by atoms with Gasteiger partial charge in [-0.2, -0.15) is 0 Å². The van der Waals surface area contributed by atoms with Gasteiger partial charge in [-0.15, -0.1) is 11.3 Å². The van der Waals surface area contributed by atoms with Crippen molar-refractivity contribution in [3.05, 3.63) is 87.9 Å². The third-order valence-electron chi connectivity index (χ3n) is 5.65. The minimum Gasteiger partial charge on any atom is -0.329 e. The van der Waals surface area contributed by atoms with Gasteiger partial charge in [0, 0.05) is 24.0 Å². The molecule has 0 aliphatic carbocycles. The van der Waals surface area contributed by atoms with Gasteiger partial charge in [-0.05, 0) is 41.1 Å². The summed E-state index contributed by atoms with van der Waals surface area (Å²) in [5, 5.41) is 1.95. The van der Waals surface area contributed by atoms with Crippen molar-refractivity contribution in [1.82, 2.24) is 4.90 Å². The van der Waals surface area contributed by atoms with Gasteiger partial charge in [0.05, 0.1) is 17.6 Å². The van der Waals surface area contributed by atoms with Crippen LogP contribution in [0.1, 0.15) is 46.6 Å². The molecule has 160 valence electrons. The molecule has 0 spiro atoms. The van der Waals surface area contributed by atoms with Crippen LogP contribution >= 0.6 is 11.3 Å². The van der Waals surface area contributed by atoms with E-state index in [2.05, 4.69) is 13.8 Å². The van der Waals surface area contributed by atoms with E-state index in [-0.39, 0.29) is 23.4 Å². The highest BCUT2D eigenvalue weighted by Gasteiger charge is 2.45. The van der Waals surface area contributed by atoms with Crippen LogP contribution in [0, 0.1) is 11.7 Å². The summed E-state index contributed by atoms with van der Waals surface area (Å²) in [6, 6.07) is 17.0.